The molecule has 1 amide bonds. The van der Waals surface area contributed by atoms with E-state index in [9.17, 15) is 9.18 Å². The summed E-state index contributed by atoms with van der Waals surface area (Å²) >= 11 is 0. The van der Waals surface area contributed by atoms with Crippen molar-refractivity contribution in [2.45, 2.75) is 34.1 Å². The first-order chi connectivity index (χ1) is 14.6. The van der Waals surface area contributed by atoms with Gasteiger partial charge in [-0.1, -0.05) is 51.1 Å². The number of nitrogens with two attached hydrogens (primary N) is 1. The third kappa shape index (κ3) is 5.53. The van der Waals surface area contributed by atoms with Gasteiger partial charge in [-0.25, -0.2) is 14.0 Å². The Morgan fingerprint density at radius 2 is 1.90 bits per heavy atom. The lowest BCUT2D eigenvalue weighted by Crippen LogP contribution is -2.35. The summed E-state index contributed by atoms with van der Waals surface area (Å²) in [7, 11) is 0. The van der Waals surface area contributed by atoms with Gasteiger partial charge in [0.15, 0.2) is 11.5 Å². The number of aromatic nitrogens is 2. The molecule has 0 fully saturated rings. The minimum absolute atomic E-state index is 0.00192. The number of anilines is 1. The smallest absolute Gasteiger partial charge is 0.229 e. The summed E-state index contributed by atoms with van der Waals surface area (Å²) in [5.41, 5.74) is 7.83. The van der Waals surface area contributed by atoms with E-state index in [-0.39, 0.29) is 40.4 Å². The summed E-state index contributed by atoms with van der Waals surface area (Å²) in [5, 5.41) is 10.3. The molecule has 1 unspecified atom stereocenters. The van der Waals surface area contributed by atoms with Crippen LogP contribution in [0.4, 0.5) is 15.9 Å². The van der Waals surface area contributed by atoms with E-state index in [1.807, 2.05) is 51.1 Å². The number of carbonyl (C=O) groups is 1. The Morgan fingerprint density at radius 3 is 2.55 bits per heavy atom. The highest BCUT2D eigenvalue weighted by molar-refractivity contribution is 6.04. The Balaban J connectivity index is 1.82. The summed E-state index contributed by atoms with van der Waals surface area (Å²) in [6.07, 6.45) is 0.565. The maximum Gasteiger partial charge on any atom is 0.229 e. The molecule has 162 valence electrons. The van der Waals surface area contributed by atoms with Crippen molar-refractivity contribution in [2.75, 3.05) is 5.32 Å². The van der Waals surface area contributed by atoms with Gasteiger partial charge in [0.2, 0.25) is 11.7 Å². The molecule has 0 aliphatic heterocycles. The molecular formula is C23H26FN5O2. The molecule has 0 aliphatic carbocycles. The van der Waals surface area contributed by atoms with E-state index in [0.29, 0.717) is 17.7 Å². The first-order valence-electron chi connectivity index (χ1n) is 9.93. The Kier molecular flexibility index (Phi) is 6.48. The number of benzene rings is 2. The van der Waals surface area contributed by atoms with Crippen LogP contribution in [0.25, 0.3) is 0 Å². The monoisotopic (exact) mass is 423 g/mol. The molecule has 0 aliphatic rings. The average Bonchev–Trinajstić information content (AvgIpc) is 3.17. The molecule has 3 aromatic rings. The minimum atomic E-state index is -0.336. The standard InChI is InChI=1S/C23H26FN5O2/c1-14-12-16(10-11-18(14)24)26-20(25)19-21(29-31-28-19)27-22(30)17(23(2,3)4)13-15-8-6-5-7-9-15/h5-12,17H,13H2,1-4H3,(H2,25,26)(H,27,29,30). The Hall–Kier alpha value is -3.55. The minimum Gasteiger partial charge on any atom is -0.382 e. The summed E-state index contributed by atoms with van der Waals surface area (Å²) in [6.45, 7) is 7.66. The van der Waals surface area contributed by atoms with Gasteiger partial charge in [0.05, 0.1) is 5.69 Å². The van der Waals surface area contributed by atoms with Crippen molar-refractivity contribution in [2.24, 2.45) is 22.1 Å². The van der Waals surface area contributed by atoms with Crippen LogP contribution < -0.4 is 11.1 Å². The van der Waals surface area contributed by atoms with Crippen molar-refractivity contribution in [1.29, 1.82) is 0 Å². The molecule has 31 heavy (non-hydrogen) atoms. The molecule has 1 aromatic heterocycles. The van der Waals surface area contributed by atoms with Gasteiger partial charge in [-0.3, -0.25) is 4.79 Å². The molecule has 8 heteroatoms. The van der Waals surface area contributed by atoms with Crippen LogP contribution in [0.15, 0.2) is 58.2 Å². The highest BCUT2D eigenvalue weighted by Crippen LogP contribution is 2.30. The number of carbonyl (C=O) groups excluding carboxylic acids is 1. The number of nitrogens with zero attached hydrogens (tertiary/aromatic N) is 3. The molecule has 3 N–H and O–H groups in total. The van der Waals surface area contributed by atoms with Gasteiger partial charge in [0.25, 0.3) is 0 Å². The first-order valence-corrected chi connectivity index (χ1v) is 9.93. The van der Waals surface area contributed by atoms with Crippen molar-refractivity contribution < 1.29 is 13.8 Å². The first kappa shape index (κ1) is 22.1. The maximum absolute atomic E-state index is 13.5. The van der Waals surface area contributed by atoms with Gasteiger partial charge in [0.1, 0.15) is 5.82 Å². The second kappa shape index (κ2) is 9.07. The van der Waals surface area contributed by atoms with Crippen molar-refractivity contribution in [3.63, 3.8) is 0 Å². The molecule has 1 heterocycles. The van der Waals surface area contributed by atoms with E-state index < -0.39 is 0 Å². The Bertz CT molecular complexity index is 1090. The topological polar surface area (TPSA) is 106 Å². The Morgan fingerprint density at radius 1 is 1.19 bits per heavy atom. The van der Waals surface area contributed by atoms with Crippen LogP contribution in [-0.2, 0) is 11.2 Å². The second-order valence-electron chi connectivity index (χ2n) is 8.49. The molecule has 0 saturated heterocycles. The molecule has 7 nitrogen and oxygen atoms in total. The van der Waals surface area contributed by atoms with Gasteiger partial charge in [0, 0.05) is 5.92 Å². The largest absolute Gasteiger partial charge is 0.382 e. The van der Waals surface area contributed by atoms with Crippen molar-refractivity contribution in [3.8, 4) is 0 Å². The zero-order valence-corrected chi connectivity index (χ0v) is 18.0. The number of rotatable bonds is 6. The average molecular weight is 423 g/mol. The number of aryl methyl sites for hydroxylation is 1. The predicted octanol–water partition coefficient (Wildman–Crippen LogP) is 4.40. The highest BCUT2D eigenvalue weighted by Gasteiger charge is 2.32. The maximum atomic E-state index is 13.5. The van der Waals surface area contributed by atoms with Gasteiger partial charge in [-0.05, 0) is 58.4 Å². The number of aliphatic imine (C=N–C) groups is 1. The quantitative estimate of drug-likeness (QED) is 0.451. The van der Waals surface area contributed by atoms with Gasteiger partial charge < -0.3 is 11.1 Å². The summed E-state index contributed by atoms with van der Waals surface area (Å²) in [6, 6.07) is 14.2. The third-order valence-corrected chi connectivity index (χ3v) is 5.01. The second-order valence-corrected chi connectivity index (χ2v) is 8.49. The molecule has 0 saturated carbocycles. The summed E-state index contributed by atoms with van der Waals surface area (Å²) in [5.74, 6) is -0.804. The van der Waals surface area contributed by atoms with Crippen LogP contribution in [0, 0.1) is 24.1 Å². The van der Waals surface area contributed by atoms with Gasteiger partial charge in [-0.15, -0.1) is 0 Å². The molecule has 2 aromatic carbocycles. The summed E-state index contributed by atoms with van der Waals surface area (Å²) in [4.78, 5) is 17.4. The predicted molar refractivity (Wildman–Crippen MR) is 118 cm³/mol. The van der Waals surface area contributed by atoms with Crippen molar-refractivity contribution in [3.05, 3.63) is 71.2 Å². The van der Waals surface area contributed by atoms with E-state index in [4.69, 9.17) is 10.4 Å². The van der Waals surface area contributed by atoms with Gasteiger partial charge in [-0.2, -0.15) is 0 Å². The number of nitrogens with one attached hydrogen (secondary N) is 1. The normalized spacial score (nSPS) is 13.1. The number of halogens is 1. The lowest BCUT2D eigenvalue weighted by atomic mass is 9.76. The van der Waals surface area contributed by atoms with E-state index >= 15 is 0 Å². The fourth-order valence-electron chi connectivity index (χ4n) is 3.17. The molecule has 3 rings (SSSR count). The van der Waals surface area contributed by atoms with Crippen LogP contribution >= 0.6 is 0 Å². The number of hydrogen-bond acceptors (Lipinski definition) is 5. The van der Waals surface area contributed by atoms with Crippen LogP contribution in [0.1, 0.15) is 37.6 Å². The van der Waals surface area contributed by atoms with E-state index in [1.165, 1.54) is 12.1 Å². The fraction of sp³-hybridized carbons (Fsp3) is 0.304. The number of amidine groups is 1. The highest BCUT2D eigenvalue weighted by atomic mass is 19.1. The zero-order valence-electron chi connectivity index (χ0n) is 18.0. The molecule has 0 radical (unpaired) electrons. The summed E-state index contributed by atoms with van der Waals surface area (Å²) < 4.78 is 18.3. The molecular weight excluding hydrogens is 397 g/mol. The Labute approximate surface area is 180 Å². The van der Waals surface area contributed by atoms with Gasteiger partial charge >= 0.3 is 0 Å². The molecule has 1 atom stereocenters. The number of amides is 1. The number of hydrogen-bond donors (Lipinski definition) is 2. The molecule has 0 bridgehead atoms. The van der Waals surface area contributed by atoms with Crippen LogP contribution in [-0.4, -0.2) is 22.1 Å². The fourth-order valence-corrected chi connectivity index (χ4v) is 3.17. The van der Waals surface area contributed by atoms with Crippen molar-refractivity contribution in [1.82, 2.24) is 10.3 Å². The van der Waals surface area contributed by atoms with Crippen molar-refractivity contribution >= 4 is 23.2 Å². The van der Waals surface area contributed by atoms with Crippen LogP contribution in [0.5, 0.6) is 0 Å². The van der Waals surface area contributed by atoms with Crippen LogP contribution in [0.2, 0.25) is 0 Å². The zero-order chi connectivity index (χ0) is 22.6. The third-order valence-electron chi connectivity index (χ3n) is 5.01. The van der Waals surface area contributed by atoms with E-state index in [1.54, 1.807) is 13.0 Å². The SMILES string of the molecule is Cc1cc(N=C(N)c2nonc2NC(=O)C(Cc2ccccc2)C(C)(C)C)ccc1F. The lowest BCUT2D eigenvalue weighted by Gasteiger charge is -2.29. The molecule has 0 spiro atoms. The van der Waals surface area contributed by atoms with Crippen LogP contribution in [0.3, 0.4) is 0 Å². The lowest BCUT2D eigenvalue weighted by molar-refractivity contribution is -0.123. The van der Waals surface area contributed by atoms with E-state index in [0.717, 1.165) is 5.56 Å². The van der Waals surface area contributed by atoms with E-state index in [2.05, 4.69) is 20.6 Å².